The molecule has 0 unspecified atom stereocenters. The van der Waals surface area contributed by atoms with Crippen molar-refractivity contribution in [3.8, 4) is 0 Å². The Labute approximate surface area is 112 Å². The predicted molar refractivity (Wildman–Crippen MR) is 69.5 cm³/mol. The van der Waals surface area contributed by atoms with E-state index in [9.17, 15) is 18.0 Å². The van der Waals surface area contributed by atoms with Crippen LogP contribution in [0.5, 0.6) is 0 Å². The van der Waals surface area contributed by atoms with Crippen molar-refractivity contribution in [2.24, 2.45) is 0 Å². The van der Waals surface area contributed by atoms with Gasteiger partial charge in [0.1, 0.15) is 0 Å². The normalized spacial score (nSPS) is 10.3. The smallest absolute Gasteiger partial charge is 0.257 e. The van der Waals surface area contributed by atoms with E-state index >= 15 is 0 Å². The number of amides is 1. The summed E-state index contributed by atoms with van der Waals surface area (Å²) in [6.07, 6.45) is 0. The van der Waals surface area contributed by atoms with Gasteiger partial charge in [0, 0.05) is 29.2 Å². The molecule has 2 aromatic rings. The summed E-state index contributed by atoms with van der Waals surface area (Å²) in [4.78, 5) is 11.9. The van der Waals surface area contributed by atoms with Crippen molar-refractivity contribution in [1.29, 1.82) is 0 Å². The number of nitrogens with two attached hydrogens (primary N) is 2. The van der Waals surface area contributed by atoms with Gasteiger partial charge in [-0.25, -0.2) is 13.2 Å². The van der Waals surface area contributed by atoms with Gasteiger partial charge in [0.05, 0.1) is 5.56 Å². The maximum atomic E-state index is 13.0. The van der Waals surface area contributed by atoms with Crippen LogP contribution in [-0.4, -0.2) is 5.91 Å². The van der Waals surface area contributed by atoms with E-state index in [0.717, 1.165) is 0 Å². The van der Waals surface area contributed by atoms with Crippen LogP contribution in [0, 0.1) is 17.5 Å². The van der Waals surface area contributed by atoms with E-state index in [-0.39, 0.29) is 16.9 Å². The maximum Gasteiger partial charge on any atom is 0.257 e. The summed E-state index contributed by atoms with van der Waals surface area (Å²) in [5.41, 5.74) is 11.5. The van der Waals surface area contributed by atoms with Crippen LogP contribution in [0.25, 0.3) is 0 Å². The Hall–Kier alpha value is -2.70. The lowest BCUT2D eigenvalue weighted by Gasteiger charge is -2.09. The third kappa shape index (κ3) is 2.66. The molecule has 0 radical (unpaired) electrons. The number of anilines is 3. The molecule has 2 rings (SSSR count). The molecule has 0 spiro atoms. The van der Waals surface area contributed by atoms with Gasteiger partial charge < -0.3 is 16.8 Å². The van der Waals surface area contributed by atoms with Gasteiger partial charge >= 0.3 is 0 Å². The molecular weight excluding hydrogens is 271 g/mol. The van der Waals surface area contributed by atoms with Crippen molar-refractivity contribution < 1.29 is 18.0 Å². The number of rotatable bonds is 2. The minimum atomic E-state index is -1.60. The van der Waals surface area contributed by atoms with Crippen LogP contribution in [0.4, 0.5) is 30.2 Å². The first-order valence-electron chi connectivity index (χ1n) is 5.49. The summed E-state index contributed by atoms with van der Waals surface area (Å²) in [6, 6.07) is 5.54. The van der Waals surface area contributed by atoms with Gasteiger partial charge in [0.25, 0.3) is 5.91 Å². The van der Waals surface area contributed by atoms with E-state index in [1.54, 1.807) is 0 Å². The predicted octanol–water partition coefficient (Wildman–Crippen LogP) is 2.52. The quantitative estimate of drug-likeness (QED) is 0.584. The van der Waals surface area contributed by atoms with Crippen LogP contribution < -0.4 is 16.8 Å². The Morgan fingerprint density at radius 1 is 1.00 bits per heavy atom. The Balaban J connectivity index is 2.28. The number of benzene rings is 2. The topological polar surface area (TPSA) is 81.1 Å². The Bertz CT molecular complexity index is 666. The molecule has 20 heavy (non-hydrogen) atoms. The van der Waals surface area contributed by atoms with E-state index < -0.39 is 23.4 Å². The second-order valence-corrected chi connectivity index (χ2v) is 4.05. The molecule has 7 heteroatoms. The van der Waals surface area contributed by atoms with Gasteiger partial charge in [-0.3, -0.25) is 4.79 Å². The number of halogens is 3. The highest BCUT2D eigenvalue weighted by atomic mass is 19.2. The van der Waals surface area contributed by atoms with Crippen LogP contribution in [0.3, 0.4) is 0 Å². The lowest BCUT2D eigenvalue weighted by Crippen LogP contribution is -2.14. The molecule has 5 N–H and O–H groups in total. The zero-order valence-electron chi connectivity index (χ0n) is 10.1. The van der Waals surface area contributed by atoms with Gasteiger partial charge in [-0.1, -0.05) is 0 Å². The van der Waals surface area contributed by atoms with Crippen molar-refractivity contribution in [2.45, 2.75) is 0 Å². The maximum absolute atomic E-state index is 13.0. The standard InChI is InChI=1S/C13H10F3N3O/c14-9-4-7(5-10(15)12(9)16)19-13(20)8-2-1-6(17)3-11(8)18/h1-5H,17-18H2,(H,19,20). The number of carbonyl (C=O) groups excluding carboxylic acids is 1. The van der Waals surface area contributed by atoms with Crippen LogP contribution in [0.1, 0.15) is 10.4 Å². The minimum Gasteiger partial charge on any atom is -0.399 e. The number of hydrogen-bond donors (Lipinski definition) is 3. The lowest BCUT2D eigenvalue weighted by molar-refractivity contribution is 0.102. The third-order valence-corrected chi connectivity index (χ3v) is 2.56. The first kappa shape index (κ1) is 13.7. The van der Waals surface area contributed by atoms with Crippen molar-refractivity contribution in [3.63, 3.8) is 0 Å². The fourth-order valence-electron chi connectivity index (χ4n) is 1.61. The van der Waals surface area contributed by atoms with Crippen molar-refractivity contribution in [2.75, 3.05) is 16.8 Å². The van der Waals surface area contributed by atoms with Crippen LogP contribution in [0.2, 0.25) is 0 Å². The zero-order valence-corrected chi connectivity index (χ0v) is 10.1. The van der Waals surface area contributed by atoms with Gasteiger partial charge in [0.2, 0.25) is 0 Å². The molecule has 2 aromatic carbocycles. The number of nitrogens with one attached hydrogen (secondary N) is 1. The lowest BCUT2D eigenvalue weighted by atomic mass is 10.1. The monoisotopic (exact) mass is 281 g/mol. The third-order valence-electron chi connectivity index (χ3n) is 2.56. The molecular formula is C13H10F3N3O. The van der Waals surface area contributed by atoms with Gasteiger partial charge in [0.15, 0.2) is 17.5 Å². The van der Waals surface area contributed by atoms with Gasteiger partial charge in [-0.2, -0.15) is 0 Å². The minimum absolute atomic E-state index is 0.0874. The van der Waals surface area contributed by atoms with Crippen molar-refractivity contribution in [1.82, 2.24) is 0 Å². The molecule has 0 bridgehead atoms. The molecule has 0 aliphatic heterocycles. The van der Waals surface area contributed by atoms with Crippen LogP contribution in [-0.2, 0) is 0 Å². The molecule has 0 saturated carbocycles. The summed E-state index contributed by atoms with van der Waals surface area (Å²) in [7, 11) is 0. The van der Waals surface area contributed by atoms with E-state index in [2.05, 4.69) is 5.32 Å². The number of carbonyl (C=O) groups is 1. The second-order valence-electron chi connectivity index (χ2n) is 4.05. The van der Waals surface area contributed by atoms with E-state index in [0.29, 0.717) is 17.8 Å². The van der Waals surface area contributed by atoms with E-state index in [1.807, 2.05) is 0 Å². The average molecular weight is 281 g/mol. The van der Waals surface area contributed by atoms with E-state index in [4.69, 9.17) is 11.5 Å². The molecule has 0 aromatic heterocycles. The molecule has 0 heterocycles. The molecule has 0 fully saturated rings. The van der Waals surface area contributed by atoms with Crippen LogP contribution in [0.15, 0.2) is 30.3 Å². The summed E-state index contributed by atoms with van der Waals surface area (Å²) in [6.45, 7) is 0. The Morgan fingerprint density at radius 3 is 2.15 bits per heavy atom. The van der Waals surface area contributed by atoms with Gasteiger partial charge in [-0.15, -0.1) is 0 Å². The van der Waals surface area contributed by atoms with Gasteiger partial charge in [-0.05, 0) is 18.2 Å². The largest absolute Gasteiger partial charge is 0.399 e. The van der Waals surface area contributed by atoms with Crippen molar-refractivity contribution >= 4 is 23.0 Å². The molecule has 0 saturated heterocycles. The van der Waals surface area contributed by atoms with E-state index in [1.165, 1.54) is 18.2 Å². The summed E-state index contributed by atoms with van der Waals surface area (Å²) in [5.74, 6) is -5.08. The zero-order chi connectivity index (χ0) is 14.9. The summed E-state index contributed by atoms with van der Waals surface area (Å²) >= 11 is 0. The highest BCUT2D eigenvalue weighted by molar-refractivity contribution is 6.08. The van der Waals surface area contributed by atoms with Crippen LogP contribution >= 0.6 is 0 Å². The molecule has 1 amide bonds. The molecule has 4 nitrogen and oxygen atoms in total. The first-order valence-corrected chi connectivity index (χ1v) is 5.49. The second kappa shape index (κ2) is 5.12. The Kier molecular flexibility index (Phi) is 3.51. The summed E-state index contributed by atoms with van der Waals surface area (Å²) < 4.78 is 38.8. The number of nitrogen functional groups attached to an aromatic ring is 2. The summed E-state index contributed by atoms with van der Waals surface area (Å²) in [5, 5.41) is 2.22. The fraction of sp³-hybridized carbons (Fsp3) is 0. The number of hydrogen-bond acceptors (Lipinski definition) is 3. The molecule has 0 aliphatic rings. The highest BCUT2D eigenvalue weighted by Crippen LogP contribution is 2.20. The molecule has 0 atom stereocenters. The first-order chi connectivity index (χ1) is 9.38. The SMILES string of the molecule is Nc1ccc(C(=O)Nc2cc(F)c(F)c(F)c2)c(N)c1. The van der Waals surface area contributed by atoms with Crippen molar-refractivity contribution in [3.05, 3.63) is 53.3 Å². The molecule has 104 valence electrons. The molecule has 0 aliphatic carbocycles. The Morgan fingerprint density at radius 2 is 1.60 bits per heavy atom. The fourth-order valence-corrected chi connectivity index (χ4v) is 1.61. The highest BCUT2D eigenvalue weighted by Gasteiger charge is 2.14. The average Bonchev–Trinajstić information content (AvgIpc) is 2.35.